The molecule has 20 heavy (non-hydrogen) atoms. The zero-order valence-corrected chi connectivity index (χ0v) is 12.5. The van der Waals surface area contributed by atoms with E-state index in [1.165, 1.54) is 13.3 Å². The van der Waals surface area contributed by atoms with Crippen molar-refractivity contribution in [1.82, 2.24) is 10.3 Å². The lowest BCUT2D eigenvalue weighted by atomic mass is 10.1. The van der Waals surface area contributed by atoms with Crippen LogP contribution in [0.3, 0.4) is 0 Å². The van der Waals surface area contributed by atoms with E-state index < -0.39 is 12.0 Å². The maximum atomic E-state index is 12.0. The molecule has 0 bridgehead atoms. The van der Waals surface area contributed by atoms with Crippen molar-refractivity contribution >= 4 is 17.6 Å². The number of carbonyl (C=O) groups excluding carboxylic acids is 2. The molecule has 2 N–H and O–H groups in total. The van der Waals surface area contributed by atoms with Crippen LogP contribution in [0.5, 0.6) is 0 Å². The highest BCUT2D eigenvalue weighted by atomic mass is 16.5. The SMILES string of the molecule is COC(=O)c1cc(NC(C)C(=O)NC(C)(C)C)ccn1. The third-order valence-electron chi connectivity index (χ3n) is 2.43. The number of rotatable bonds is 4. The number of aromatic nitrogens is 1. The first-order valence-corrected chi connectivity index (χ1v) is 6.36. The Bertz CT molecular complexity index is 495. The molecule has 0 radical (unpaired) electrons. The van der Waals surface area contributed by atoms with Gasteiger partial charge in [-0.15, -0.1) is 0 Å². The van der Waals surface area contributed by atoms with Crippen LogP contribution < -0.4 is 10.6 Å². The number of pyridine rings is 1. The number of ether oxygens (including phenoxy) is 1. The molecule has 0 aliphatic carbocycles. The maximum absolute atomic E-state index is 12.0. The van der Waals surface area contributed by atoms with Crippen molar-refractivity contribution in [3.8, 4) is 0 Å². The highest BCUT2D eigenvalue weighted by Gasteiger charge is 2.19. The molecule has 0 fully saturated rings. The Morgan fingerprint density at radius 3 is 2.55 bits per heavy atom. The molecule has 0 aromatic carbocycles. The zero-order chi connectivity index (χ0) is 15.3. The summed E-state index contributed by atoms with van der Waals surface area (Å²) >= 11 is 0. The van der Waals surface area contributed by atoms with Gasteiger partial charge in [0.15, 0.2) is 0 Å². The lowest BCUT2D eigenvalue weighted by molar-refractivity contribution is -0.122. The van der Waals surface area contributed by atoms with Crippen molar-refractivity contribution in [3.63, 3.8) is 0 Å². The summed E-state index contributed by atoms with van der Waals surface area (Å²) < 4.78 is 4.60. The number of hydrogen-bond acceptors (Lipinski definition) is 5. The summed E-state index contributed by atoms with van der Waals surface area (Å²) in [6.07, 6.45) is 1.49. The highest BCUT2D eigenvalue weighted by molar-refractivity contribution is 5.89. The molecule has 1 unspecified atom stereocenters. The number of amides is 1. The van der Waals surface area contributed by atoms with E-state index in [0.29, 0.717) is 5.69 Å². The van der Waals surface area contributed by atoms with Crippen molar-refractivity contribution < 1.29 is 14.3 Å². The largest absolute Gasteiger partial charge is 0.464 e. The lowest BCUT2D eigenvalue weighted by Gasteiger charge is -2.24. The van der Waals surface area contributed by atoms with Crippen LogP contribution in [-0.2, 0) is 9.53 Å². The fraction of sp³-hybridized carbons (Fsp3) is 0.500. The molecule has 1 aromatic heterocycles. The van der Waals surface area contributed by atoms with Crippen LogP contribution in [0.15, 0.2) is 18.3 Å². The van der Waals surface area contributed by atoms with E-state index in [4.69, 9.17) is 0 Å². The van der Waals surface area contributed by atoms with Crippen LogP contribution >= 0.6 is 0 Å². The topological polar surface area (TPSA) is 80.3 Å². The van der Waals surface area contributed by atoms with Crippen molar-refractivity contribution in [3.05, 3.63) is 24.0 Å². The molecular weight excluding hydrogens is 258 g/mol. The number of nitrogens with one attached hydrogen (secondary N) is 2. The average Bonchev–Trinajstić information content (AvgIpc) is 2.36. The molecular formula is C14H21N3O3. The Balaban J connectivity index is 2.73. The van der Waals surface area contributed by atoms with Crippen molar-refractivity contribution in [2.75, 3.05) is 12.4 Å². The van der Waals surface area contributed by atoms with Gasteiger partial charge in [0.05, 0.1) is 7.11 Å². The van der Waals surface area contributed by atoms with Gasteiger partial charge in [-0.25, -0.2) is 9.78 Å². The molecule has 6 heteroatoms. The van der Waals surface area contributed by atoms with Crippen LogP contribution in [0.2, 0.25) is 0 Å². The molecule has 0 aliphatic heterocycles. The quantitative estimate of drug-likeness (QED) is 0.818. The monoisotopic (exact) mass is 279 g/mol. The Morgan fingerprint density at radius 2 is 2.00 bits per heavy atom. The summed E-state index contributed by atoms with van der Waals surface area (Å²) in [5.74, 6) is -0.630. The summed E-state index contributed by atoms with van der Waals surface area (Å²) in [4.78, 5) is 27.2. The first-order valence-electron chi connectivity index (χ1n) is 6.36. The predicted octanol–water partition coefficient (Wildman–Crippen LogP) is 1.58. The summed E-state index contributed by atoms with van der Waals surface area (Å²) in [5.41, 5.74) is 0.542. The standard InChI is InChI=1S/C14H21N3O3/c1-9(12(18)17-14(2,3)4)16-10-6-7-15-11(8-10)13(19)20-5/h6-9H,1-5H3,(H,15,16)(H,17,18). The van der Waals surface area contributed by atoms with Gasteiger partial charge >= 0.3 is 5.97 Å². The maximum Gasteiger partial charge on any atom is 0.356 e. The van der Waals surface area contributed by atoms with Gasteiger partial charge in [0.1, 0.15) is 11.7 Å². The van der Waals surface area contributed by atoms with Gasteiger partial charge in [0.25, 0.3) is 0 Å². The Morgan fingerprint density at radius 1 is 1.35 bits per heavy atom. The van der Waals surface area contributed by atoms with Gasteiger partial charge in [0.2, 0.25) is 5.91 Å². The first-order chi connectivity index (χ1) is 9.23. The molecule has 1 aromatic rings. The van der Waals surface area contributed by atoms with Gasteiger partial charge in [-0.05, 0) is 39.8 Å². The molecule has 1 heterocycles. The second-order valence-electron chi connectivity index (χ2n) is 5.53. The zero-order valence-electron chi connectivity index (χ0n) is 12.5. The van der Waals surface area contributed by atoms with Crippen LogP contribution in [0.4, 0.5) is 5.69 Å². The van der Waals surface area contributed by atoms with Crippen LogP contribution in [0, 0.1) is 0 Å². The number of methoxy groups -OCH3 is 1. The predicted molar refractivity (Wildman–Crippen MR) is 76.6 cm³/mol. The normalized spacial score (nSPS) is 12.4. The van der Waals surface area contributed by atoms with E-state index in [2.05, 4.69) is 20.4 Å². The highest BCUT2D eigenvalue weighted by Crippen LogP contribution is 2.11. The van der Waals surface area contributed by atoms with Crippen LogP contribution in [0.1, 0.15) is 38.2 Å². The number of esters is 1. The molecule has 1 atom stereocenters. The summed E-state index contributed by atoms with van der Waals surface area (Å²) in [6.45, 7) is 7.50. The van der Waals surface area contributed by atoms with Gasteiger partial charge in [-0.3, -0.25) is 4.79 Å². The number of nitrogens with zero attached hydrogens (tertiary/aromatic N) is 1. The van der Waals surface area contributed by atoms with E-state index in [9.17, 15) is 9.59 Å². The van der Waals surface area contributed by atoms with Gasteiger partial charge in [0, 0.05) is 17.4 Å². The first kappa shape index (κ1) is 15.9. The molecule has 6 nitrogen and oxygen atoms in total. The fourth-order valence-electron chi connectivity index (χ4n) is 1.53. The average molecular weight is 279 g/mol. The number of carbonyl (C=O) groups is 2. The molecule has 1 rings (SSSR count). The smallest absolute Gasteiger partial charge is 0.356 e. The third-order valence-corrected chi connectivity index (χ3v) is 2.43. The van der Waals surface area contributed by atoms with Crippen molar-refractivity contribution in [2.24, 2.45) is 0 Å². The van der Waals surface area contributed by atoms with Crippen LogP contribution in [-0.4, -0.2) is 35.6 Å². The molecule has 0 saturated carbocycles. The van der Waals surface area contributed by atoms with Crippen LogP contribution in [0.25, 0.3) is 0 Å². The van der Waals surface area contributed by atoms with E-state index in [1.807, 2.05) is 20.8 Å². The van der Waals surface area contributed by atoms with E-state index in [0.717, 1.165) is 0 Å². The summed E-state index contributed by atoms with van der Waals surface area (Å²) in [5, 5.41) is 5.90. The number of hydrogen-bond donors (Lipinski definition) is 2. The number of anilines is 1. The second kappa shape index (κ2) is 6.36. The van der Waals surface area contributed by atoms with Crippen molar-refractivity contribution in [1.29, 1.82) is 0 Å². The fourth-order valence-corrected chi connectivity index (χ4v) is 1.53. The van der Waals surface area contributed by atoms with E-state index >= 15 is 0 Å². The molecule has 0 aliphatic rings. The summed E-state index contributed by atoms with van der Waals surface area (Å²) in [7, 11) is 1.30. The van der Waals surface area contributed by atoms with E-state index in [-0.39, 0.29) is 17.1 Å². The van der Waals surface area contributed by atoms with Crippen molar-refractivity contribution in [2.45, 2.75) is 39.3 Å². The third kappa shape index (κ3) is 4.87. The van der Waals surface area contributed by atoms with Gasteiger partial charge < -0.3 is 15.4 Å². The minimum atomic E-state index is -0.513. The Kier molecular flexibility index (Phi) is 5.07. The Hall–Kier alpha value is -2.11. The molecule has 1 amide bonds. The molecule has 0 spiro atoms. The molecule has 110 valence electrons. The minimum absolute atomic E-state index is 0.117. The van der Waals surface area contributed by atoms with Gasteiger partial charge in [-0.2, -0.15) is 0 Å². The summed E-state index contributed by atoms with van der Waals surface area (Å²) in [6, 6.07) is 2.81. The Labute approximate surface area is 118 Å². The minimum Gasteiger partial charge on any atom is -0.464 e. The molecule has 0 saturated heterocycles. The van der Waals surface area contributed by atoms with Gasteiger partial charge in [-0.1, -0.05) is 0 Å². The second-order valence-corrected chi connectivity index (χ2v) is 5.53. The van der Waals surface area contributed by atoms with E-state index in [1.54, 1.807) is 19.1 Å². The lowest BCUT2D eigenvalue weighted by Crippen LogP contribution is -2.47.